The minimum Gasteiger partial charge on any atom is -0.610 e. The smallest absolute Gasteiger partial charge is 0.245 e. The summed E-state index contributed by atoms with van der Waals surface area (Å²) in [4.78, 5) is 23.1. The van der Waals surface area contributed by atoms with E-state index in [1.54, 1.807) is 18.3 Å². The van der Waals surface area contributed by atoms with E-state index in [0.717, 1.165) is 11.1 Å². The number of Topliss-reactive ketones (excluding diaryl/α,β-unsaturated/α-hetero) is 1. The SMILES string of the molecule is CC(=O)c1ccc2[nH]c(C[S+]([O-])c3cc(C)ccn3)nc2c1. The Kier molecular flexibility index (Phi) is 3.96. The molecule has 0 bridgehead atoms. The van der Waals surface area contributed by atoms with Crippen LogP contribution in [0.2, 0.25) is 0 Å². The Bertz CT molecular complexity index is 844. The average Bonchev–Trinajstić information content (AvgIpc) is 2.88. The topological polar surface area (TPSA) is 81.7 Å². The summed E-state index contributed by atoms with van der Waals surface area (Å²) in [6, 6.07) is 8.99. The maximum absolute atomic E-state index is 12.4. The van der Waals surface area contributed by atoms with Crippen molar-refractivity contribution in [3.63, 3.8) is 0 Å². The predicted molar refractivity (Wildman–Crippen MR) is 85.2 cm³/mol. The fourth-order valence-electron chi connectivity index (χ4n) is 2.18. The number of pyridine rings is 1. The van der Waals surface area contributed by atoms with Crippen molar-refractivity contribution < 1.29 is 9.35 Å². The number of benzene rings is 1. The van der Waals surface area contributed by atoms with Crippen molar-refractivity contribution in [2.24, 2.45) is 0 Å². The van der Waals surface area contributed by atoms with E-state index < -0.39 is 11.2 Å². The van der Waals surface area contributed by atoms with Gasteiger partial charge in [0.2, 0.25) is 5.03 Å². The highest BCUT2D eigenvalue weighted by Gasteiger charge is 2.16. The zero-order chi connectivity index (χ0) is 15.7. The third kappa shape index (κ3) is 3.03. The number of carbonyl (C=O) groups excluding carboxylic acids is 1. The molecule has 1 unspecified atom stereocenters. The van der Waals surface area contributed by atoms with Crippen LogP contribution < -0.4 is 0 Å². The average molecular weight is 313 g/mol. The predicted octanol–water partition coefficient (Wildman–Crippen LogP) is 2.78. The van der Waals surface area contributed by atoms with Crippen LogP contribution in [0.4, 0.5) is 0 Å². The van der Waals surface area contributed by atoms with Crippen LogP contribution >= 0.6 is 0 Å². The minimum absolute atomic E-state index is 0.000938. The Morgan fingerprint density at radius 3 is 2.86 bits per heavy atom. The van der Waals surface area contributed by atoms with Gasteiger partial charge in [-0.25, -0.2) is 9.97 Å². The molecule has 1 aromatic carbocycles. The standard InChI is InChI=1S/C16H15N3O2S/c1-10-5-6-17-16(7-10)22(21)9-15-18-13-4-3-12(11(2)20)8-14(13)19-15/h3-8H,9H2,1-2H3,(H,18,19). The maximum atomic E-state index is 12.4. The molecular weight excluding hydrogens is 298 g/mol. The Balaban J connectivity index is 1.86. The molecule has 0 saturated carbocycles. The number of rotatable bonds is 4. The molecule has 3 rings (SSSR count). The van der Waals surface area contributed by atoms with Crippen LogP contribution in [0.15, 0.2) is 41.6 Å². The molecule has 3 aromatic rings. The molecule has 22 heavy (non-hydrogen) atoms. The number of aryl methyl sites for hydroxylation is 1. The second-order valence-electron chi connectivity index (χ2n) is 5.13. The molecule has 0 aliphatic carbocycles. The summed E-state index contributed by atoms with van der Waals surface area (Å²) in [6.45, 7) is 3.46. The molecule has 0 amide bonds. The van der Waals surface area contributed by atoms with Gasteiger partial charge in [-0.05, 0) is 43.7 Å². The molecule has 0 radical (unpaired) electrons. The van der Waals surface area contributed by atoms with E-state index in [9.17, 15) is 9.35 Å². The first-order chi connectivity index (χ1) is 10.5. The molecule has 2 aromatic heterocycles. The first-order valence-corrected chi connectivity index (χ1v) is 8.15. The first-order valence-electron chi connectivity index (χ1n) is 6.83. The van der Waals surface area contributed by atoms with Crippen molar-refractivity contribution in [1.82, 2.24) is 15.0 Å². The summed E-state index contributed by atoms with van der Waals surface area (Å²) in [7, 11) is 0. The van der Waals surface area contributed by atoms with E-state index in [-0.39, 0.29) is 11.5 Å². The van der Waals surface area contributed by atoms with Crippen LogP contribution in [-0.2, 0) is 16.9 Å². The number of hydrogen-bond donors (Lipinski definition) is 1. The summed E-state index contributed by atoms with van der Waals surface area (Å²) in [5, 5.41) is 0.546. The van der Waals surface area contributed by atoms with Gasteiger partial charge in [0, 0.05) is 29.0 Å². The third-order valence-electron chi connectivity index (χ3n) is 3.33. The lowest BCUT2D eigenvalue weighted by atomic mass is 10.1. The van der Waals surface area contributed by atoms with Gasteiger partial charge in [0.1, 0.15) is 0 Å². The zero-order valence-electron chi connectivity index (χ0n) is 12.3. The number of fused-ring (bicyclic) bond motifs is 1. The Labute approximate surface area is 131 Å². The van der Waals surface area contributed by atoms with Crippen LogP contribution in [0.3, 0.4) is 0 Å². The van der Waals surface area contributed by atoms with Gasteiger partial charge in [0.25, 0.3) is 0 Å². The van der Waals surface area contributed by atoms with Crippen LogP contribution in [0.5, 0.6) is 0 Å². The van der Waals surface area contributed by atoms with Crippen molar-refractivity contribution in [2.45, 2.75) is 24.6 Å². The molecule has 0 spiro atoms. The molecule has 0 fully saturated rings. The highest BCUT2D eigenvalue weighted by Crippen LogP contribution is 2.18. The van der Waals surface area contributed by atoms with Gasteiger partial charge >= 0.3 is 0 Å². The van der Waals surface area contributed by atoms with E-state index in [4.69, 9.17) is 0 Å². The Hall–Kier alpha value is -2.18. The molecule has 1 N–H and O–H groups in total. The summed E-state index contributed by atoms with van der Waals surface area (Å²) in [6.07, 6.45) is 1.65. The summed E-state index contributed by atoms with van der Waals surface area (Å²) >= 11 is -1.26. The Morgan fingerprint density at radius 1 is 1.32 bits per heavy atom. The first kappa shape index (κ1) is 14.7. The maximum Gasteiger partial charge on any atom is 0.245 e. The number of aromatic nitrogens is 3. The highest BCUT2D eigenvalue weighted by molar-refractivity contribution is 7.90. The number of nitrogens with zero attached hydrogens (tertiary/aromatic N) is 2. The number of carbonyl (C=O) groups is 1. The number of aromatic amines is 1. The van der Waals surface area contributed by atoms with Crippen molar-refractivity contribution >= 4 is 28.0 Å². The summed E-state index contributed by atoms with van der Waals surface area (Å²) < 4.78 is 12.4. The minimum atomic E-state index is -1.26. The molecular formula is C16H15N3O2S. The second kappa shape index (κ2) is 5.90. The fourth-order valence-corrected chi connectivity index (χ4v) is 3.21. The molecule has 0 aliphatic rings. The van der Waals surface area contributed by atoms with Gasteiger partial charge in [-0.15, -0.1) is 0 Å². The molecule has 5 nitrogen and oxygen atoms in total. The van der Waals surface area contributed by atoms with Crippen LogP contribution in [0, 0.1) is 6.92 Å². The molecule has 2 heterocycles. The lowest BCUT2D eigenvalue weighted by Crippen LogP contribution is -2.08. The molecule has 6 heteroatoms. The third-order valence-corrected chi connectivity index (χ3v) is 4.56. The molecule has 0 aliphatic heterocycles. The van der Waals surface area contributed by atoms with Crippen molar-refractivity contribution in [3.05, 3.63) is 53.5 Å². The van der Waals surface area contributed by atoms with Gasteiger partial charge in [-0.1, -0.05) is 0 Å². The lowest BCUT2D eigenvalue weighted by molar-refractivity contribution is 0.101. The Morgan fingerprint density at radius 2 is 2.14 bits per heavy atom. The van der Waals surface area contributed by atoms with E-state index in [0.29, 0.717) is 21.9 Å². The van der Waals surface area contributed by atoms with Gasteiger partial charge in [-0.2, -0.15) is 0 Å². The summed E-state index contributed by atoms with van der Waals surface area (Å²) in [5.41, 5.74) is 3.17. The zero-order valence-corrected chi connectivity index (χ0v) is 13.1. The largest absolute Gasteiger partial charge is 0.610 e. The van der Waals surface area contributed by atoms with E-state index in [1.807, 2.05) is 25.1 Å². The summed E-state index contributed by atoms with van der Waals surface area (Å²) in [5.74, 6) is 0.886. The van der Waals surface area contributed by atoms with Crippen LogP contribution in [-0.4, -0.2) is 25.3 Å². The fraction of sp³-hybridized carbons (Fsp3) is 0.188. The van der Waals surface area contributed by atoms with E-state index in [2.05, 4.69) is 15.0 Å². The molecule has 0 saturated heterocycles. The van der Waals surface area contributed by atoms with Crippen molar-refractivity contribution in [1.29, 1.82) is 0 Å². The number of hydrogen-bond acceptors (Lipinski definition) is 4. The number of ketones is 1. The van der Waals surface area contributed by atoms with Crippen LogP contribution in [0.25, 0.3) is 11.0 Å². The normalized spacial score (nSPS) is 12.5. The molecule has 1 atom stereocenters. The highest BCUT2D eigenvalue weighted by atomic mass is 32.2. The number of nitrogens with one attached hydrogen (secondary N) is 1. The van der Waals surface area contributed by atoms with Crippen molar-refractivity contribution in [3.8, 4) is 0 Å². The van der Waals surface area contributed by atoms with Crippen LogP contribution in [0.1, 0.15) is 28.7 Å². The molecule has 112 valence electrons. The van der Waals surface area contributed by atoms with Gasteiger partial charge < -0.3 is 9.54 Å². The van der Waals surface area contributed by atoms with Gasteiger partial charge in [0.05, 0.1) is 11.0 Å². The van der Waals surface area contributed by atoms with Gasteiger partial charge in [-0.3, -0.25) is 4.79 Å². The quantitative estimate of drug-likeness (QED) is 0.593. The lowest BCUT2D eigenvalue weighted by Gasteiger charge is -2.07. The van der Waals surface area contributed by atoms with Gasteiger partial charge in [0.15, 0.2) is 17.4 Å². The number of H-pyrrole nitrogens is 1. The van der Waals surface area contributed by atoms with E-state index in [1.165, 1.54) is 6.92 Å². The van der Waals surface area contributed by atoms with Crippen molar-refractivity contribution in [2.75, 3.05) is 0 Å². The second-order valence-corrected chi connectivity index (χ2v) is 6.53. The number of imidazole rings is 1. The van der Waals surface area contributed by atoms with E-state index >= 15 is 0 Å². The monoisotopic (exact) mass is 313 g/mol.